The number of carboxylic acids is 1. The van der Waals surface area contributed by atoms with Gasteiger partial charge in [-0.1, -0.05) is 30.0 Å². The lowest BCUT2D eigenvalue weighted by Gasteiger charge is -2.26. The molecule has 1 aliphatic heterocycles. The van der Waals surface area contributed by atoms with Crippen molar-refractivity contribution in [1.82, 2.24) is 19.9 Å². The lowest BCUT2D eigenvalue weighted by molar-refractivity contribution is -0.137. The second kappa shape index (κ2) is 9.88. The molecule has 5 N–H and O–H groups in total. The van der Waals surface area contributed by atoms with Crippen molar-refractivity contribution in [2.75, 3.05) is 16.4 Å². The molecule has 9 heteroatoms. The third-order valence-electron chi connectivity index (χ3n) is 6.06. The molecular weight excluding hydrogens is 454 g/mol. The first-order valence-electron chi connectivity index (χ1n) is 11.7. The maximum Gasteiger partial charge on any atom is 0.303 e. The van der Waals surface area contributed by atoms with Gasteiger partial charge in [0.15, 0.2) is 17.0 Å². The predicted octanol–water partition coefficient (Wildman–Crippen LogP) is 3.63. The second-order valence-corrected chi connectivity index (χ2v) is 8.61. The molecule has 180 valence electrons. The van der Waals surface area contributed by atoms with E-state index in [0.29, 0.717) is 30.6 Å². The molecule has 1 aliphatic rings. The molecule has 36 heavy (non-hydrogen) atoms. The monoisotopic (exact) mass is 479 g/mol. The Morgan fingerprint density at radius 2 is 1.83 bits per heavy atom. The molecule has 2 aromatic heterocycles. The summed E-state index contributed by atoms with van der Waals surface area (Å²) in [6, 6.07) is 14.6. The Labute approximate surface area is 208 Å². The van der Waals surface area contributed by atoms with Crippen molar-refractivity contribution in [2.24, 2.45) is 0 Å². The van der Waals surface area contributed by atoms with E-state index in [1.54, 1.807) is 6.20 Å². The van der Waals surface area contributed by atoms with Crippen molar-refractivity contribution in [3.63, 3.8) is 0 Å². The highest BCUT2D eigenvalue weighted by Gasteiger charge is 2.22. The van der Waals surface area contributed by atoms with Crippen LogP contribution >= 0.6 is 0 Å². The van der Waals surface area contributed by atoms with E-state index in [-0.39, 0.29) is 18.2 Å². The number of aryl methyl sites for hydroxylation is 2. The third kappa shape index (κ3) is 4.88. The van der Waals surface area contributed by atoms with Crippen molar-refractivity contribution in [1.29, 1.82) is 0 Å². The van der Waals surface area contributed by atoms with Crippen LogP contribution < -0.4 is 16.4 Å². The van der Waals surface area contributed by atoms with Crippen molar-refractivity contribution in [2.45, 2.75) is 38.6 Å². The fourth-order valence-corrected chi connectivity index (χ4v) is 4.40. The average Bonchev–Trinajstić information content (AvgIpc) is 3.01. The molecule has 9 nitrogen and oxygen atoms in total. The number of rotatable bonds is 5. The summed E-state index contributed by atoms with van der Waals surface area (Å²) in [4.78, 5) is 30.2. The maximum absolute atomic E-state index is 10.7. The maximum atomic E-state index is 10.7. The minimum atomic E-state index is -0.795. The Bertz CT molecular complexity index is 1520. The van der Waals surface area contributed by atoms with Gasteiger partial charge in [0.1, 0.15) is 0 Å². The van der Waals surface area contributed by atoms with Gasteiger partial charge in [-0.15, -0.1) is 0 Å². The third-order valence-corrected chi connectivity index (χ3v) is 6.06. The van der Waals surface area contributed by atoms with Gasteiger partial charge >= 0.3 is 5.97 Å². The Balaban J connectivity index is 1.49. The first-order chi connectivity index (χ1) is 17.5. The van der Waals surface area contributed by atoms with Crippen LogP contribution in [0.2, 0.25) is 0 Å². The smallest absolute Gasteiger partial charge is 0.303 e. The summed E-state index contributed by atoms with van der Waals surface area (Å²) < 4.78 is 0. The molecule has 0 saturated carbocycles. The number of unbranched alkanes of at least 4 members (excludes halogenated alkanes) is 1. The molecule has 0 bridgehead atoms. The molecule has 0 aliphatic carbocycles. The number of benzene rings is 2. The number of nitrogens with two attached hydrogens (primary N) is 2. The molecule has 0 radical (unpaired) electrons. The highest BCUT2D eigenvalue weighted by molar-refractivity contribution is 5.82. The summed E-state index contributed by atoms with van der Waals surface area (Å²) in [5, 5.41) is 8.79. The first-order valence-corrected chi connectivity index (χ1v) is 11.7. The summed E-state index contributed by atoms with van der Waals surface area (Å²) in [5.74, 6) is 5.76. The van der Waals surface area contributed by atoms with Gasteiger partial charge in [-0.05, 0) is 54.7 Å². The molecule has 4 aromatic rings. The van der Waals surface area contributed by atoms with Crippen molar-refractivity contribution < 1.29 is 9.90 Å². The topological polar surface area (TPSA) is 144 Å². The summed E-state index contributed by atoms with van der Waals surface area (Å²) >= 11 is 0. The Morgan fingerprint density at radius 1 is 1.03 bits per heavy atom. The van der Waals surface area contributed by atoms with Crippen LogP contribution in [0.25, 0.3) is 11.2 Å². The fraction of sp³-hybridized carbons (Fsp3) is 0.222. The van der Waals surface area contributed by atoms with E-state index in [2.05, 4.69) is 62.0 Å². The van der Waals surface area contributed by atoms with Crippen LogP contribution in [-0.4, -0.2) is 31.0 Å². The van der Waals surface area contributed by atoms with Crippen LogP contribution in [-0.2, 0) is 24.2 Å². The fourth-order valence-electron chi connectivity index (χ4n) is 4.40. The van der Waals surface area contributed by atoms with Gasteiger partial charge in [-0.2, -0.15) is 9.97 Å². The van der Waals surface area contributed by atoms with Crippen molar-refractivity contribution in [3.8, 4) is 11.8 Å². The van der Waals surface area contributed by atoms with E-state index >= 15 is 0 Å². The quantitative estimate of drug-likeness (QED) is 0.289. The number of aromatic nitrogens is 4. The van der Waals surface area contributed by atoms with Gasteiger partial charge in [-0.3, -0.25) is 4.79 Å². The lowest BCUT2D eigenvalue weighted by Crippen LogP contribution is -2.19. The number of nitrogens with zero attached hydrogens (tertiary/aromatic N) is 5. The first kappa shape index (κ1) is 23.1. The number of aliphatic carboxylic acids is 1. The van der Waals surface area contributed by atoms with Gasteiger partial charge in [-0.25, -0.2) is 9.97 Å². The molecule has 3 heterocycles. The number of nitrogen functional groups attached to an aromatic ring is 2. The molecule has 0 amide bonds. The van der Waals surface area contributed by atoms with Crippen LogP contribution in [0.5, 0.6) is 0 Å². The predicted molar refractivity (Wildman–Crippen MR) is 138 cm³/mol. The van der Waals surface area contributed by atoms with Crippen molar-refractivity contribution >= 4 is 40.3 Å². The number of hydrogen-bond donors (Lipinski definition) is 3. The number of carbonyl (C=O) groups is 1. The summed E-state index contributed by atoms with van der Waals surface area (Å²) in [6.07, 6.45) is 4.71. The van der Waals surface area contributed by atoms with Crippen LogP contribution in [0.3, 0.4) is 0 Å². The average molecular weight is 480 g/mol. The number of para-hydroxylation sites is 1. The minimum absolute atomic E-state index is 0.0678. The summed E-state index contributed by atoms with van der Waals surface area (Å²) in [7, 11) is 0. The molecule has 0 fully saturated rings. The van der Waals surface area contributed by atoms with Gasteiger partial charge in [0.05, 0.1) is 18.4 Å². The standard InChI is InChI=1S/C27H25N7O2/c28-25-24-26(33-27(29)32-25)30-15-20(31-24)16-34-21-8-5-4-7-18(21)11-12-19-14-17(10-13-22(19)34)6-2-1-3-9-23(35)36/h4-5,7-8,10,13-15H,1,3,9,11-12,16H2,(H,35,36)(H4,28,29,30,32,33). The highest BCUT2D eigenvalue weighted by atomic mass is 16.4. The van der Waals surface area contributed by atoms with Crippen molar-refractivity contribution in [3.05, 3.63) is 71.0 Å². The molecule has 0 unspecified atom stereocenters. The lowest BCUT2D eigenvalue weighted by atomic mass is 10.0. The zero-order chi connectivity index (χ0) is 25.1. The minimum Gasteiger partial charge on any atom is -0.481 e. The summed E-state index contributed by atoms with van der Waals surface area (Å²) in [6.45, 7) is 0.483. The van der Waals surface area contributed by atoms with Gasteiger partial charge in [0.2, 0.25) is 5.95 Å². The van der Waals surface area contributed by atoms with Crippen LogP contribution in [0.4, 0.5) is 23.1 Å². The van der Waals surface area contributed by atoms with E-state index in [1.165, 1.54) is 11.1 Å². The molecule has 0 atom stereocenters. The second-order valence-electron chi connectivity index (χ2n) is 8.61. The van der Waals surface area contributed by atoms with E-state index in [9.17, 15) is 4.79 Å². The van der Waals surface area contributed by atoms with Gasteiger partial charge in [0.25, 0.3) is 0 Å². The molecular formula is C27H25N7O2. The number of anilines is 4. The zero-order valence-corrected chi connectivity index (χ0v) is 19.6. The summed E-state index contributed by atoms with van der Waals surface area (Å²) in [5.41, 5.74) is 18.8. The number of hydrogen-bond acceptors (Lipinski definition) is 8. The normalized spacial score (nSPS) is 12.3. The molecule has 0 spiro atoms. The van der Waals surface area contributed by atoms with Crippen LogP contribution in [0.1, 0.15) is 41.6 Å². The number of fused-ring (bicyclic) bond motifs is 3. The Hall–Kier alpha value is -4.71. The Morgan fingerprint density at radius 3 is 2.69 bits per heavy atom. The SMILES string of the molecule is Nc1nc(N)c2nc(CN3c4ccccc4CCc4cc(C#CCCCC(=O)O)ccc43)cnc2n1. The van der Waals surface area contributed by atoms with Gasteiger partial charge in [0, 0.05) is 29.8 Å². The highest BCUT2D eigenvalue weighted by Crippen LogP contribution is 2.37. The molecule has 0 saturated heterocycles. The van der Waals surface area contributed by atoms with E-state index in [0.717, 1.165) is 35.5 Å². The van der Waals surface area contributed by atoms with E-state index in [1.807, 2.05) is 12.1 Å². The number of carboxylic acid groups (broad SMARTS) is 1. The molecule has 2 aromatic carbocycles. The van der Waals surface area contributed by atoms with Crippen LogP contribution in [0.15, 0.2) is 48.7 Å². The zero-order valence-electron chi connectivity index (χ0n) is 19.6. The molecule has 5 rings (SSSR count). The van der Waals surface area contributed by atoms with Gasteiger partial charge < -0.3 is 21.5 Å². The van der Waals surface area contributed by atoms with E-state index < -0.39 is 5.97 Å². The van der Waals surface area contributed by atoms with E-state index in [4.69, 9.17) is 21.6 Å². The van der Waals surface area contributed by atoms with Crippen LogP contribution in [0, 0.1) is 11.8 Å². The largest absolute Gasteiger partial charge is 0.481 e. The Kier molecular flexibility index (Phi) is 6.33.